The summed E-state index contributed by atoms with van der Waals surface area (Å²) < 4.78 is 26.7. The number of para-hydroxylation sites is 1. The molecule has 3 rings (SSSR count). The summed E-state index contributed by atoms with van der Waals surface area (Å²) in [5, 5.41) is 1.35. The number of amides is 1. The predicted molar refractivity (Wildman–Crippen MR) is 88.4 cm³/mol. The first-order valence-electron chi connectivity index (χ1n) is 6.85. The van der Waals surface area contributed by atoms with E-state index in [9.17, 15) is 13.6 Å². The number of carbonyl (C=O) groups is 1. The lowest BCUT2D eigenvalue weighted by atomic mass is 10.2. The van der Waals surface area contributed by atoms with Crippen molar-refractivity contribution in [2.45, 2.75) is 0 Å². The summed E-state index contributed by atoms with van der Waals surface area (Å²) >= 11 is 5.89. The van der Waals surface area contributed by atoms with Crippen LogP contribution in [0.3, 0.4) is 0 Å². The molecule has 8 heteroatoms. The highest BCUT2D eigenvalue weighted by molar-refractivity contribution is 6.31. The van der Waals surface area contributed by atoms with Crippen LogP contribution in [-0.2, 0) is 0 Å². The molecule has 0 aliphatic carbocycles. The minimum absolute atomic E-state index is 0.297. The Morgan fingerprint density at radius 1 is 1.17 bits per heavy atom. The molecule has 24 heavy (non-hydrogen) atoms. The number of hydrazine groups is 1. The molecule has 0 unspecified atom stereocenters. The Hall–Kier alpha value is -2.93. The Morgan fingerprint density at radius 2 is 1.92 bits per heavy atom. The van der Waals surface area contributed by atoms with Crippen LogP contribution in [0.15, 0.2) is 47.5 Å². The van der Waals surface area contributed by atoms with E-state index in [1.807, 2.05) is 0 Å². The average Bonchev–Trinajstić information content (AvgIpc) is 2.96. The van der Waals surface area contributed by atoms with E-state index in [0.29, 0.717) is 10.7 Å². The van der Waals surface area contributed by atoms with Gasteiger partial charge in [0.2, 0.25) is 0 Å². The number of rotatable bonds is 4. The molecular formula is C16H11ClF2N4O. The number of hydrogen-bond acceptors (Lipinski definition) is 2. The molecular weight excluding hydrogens is 338 g/mol. The number of nitrogens with one attached hydrogen (secondary N) is 3. The summed E-state index contributed by atoms with van der Waals surface area (Å²) in [5.74, 6) is -2.07. The van der Waals surface area contributed by atoms with Crippen LogP contribution in [0.2, 0.25) is 5.02 Å². The van der Waals surface area contributed by atoms with Crippen molar-refractivity contribution >= 4 is 40.4 Å². The second kappa shape index (κ2) is 6.67. The van der Waals surface area contributed by atoms with Gasteiger partial charge in [-0.2, -0.15) is 0 Å². The van der Waals surface area contributed by atoms with Crippen molar-refractivity contribution in [1.82, 2.24) is 15.8 Å². The average molecular weight is 349 g/mol. The van der Waals surface area contributed by atoms with Crippen LogP contribution < -0.4 is 10.9 Å². The van der Waals surface area contributed by atoms with Crippen molar-refractivity contribution in [2.24, 2.45) is 4.99 Å². The zero-order valence-corrected chi connectivity index (χ0v) is 12.9. The summed E-state index contributed by atoms with van der Waals surface area (Å²) in [6.07, 6.45) is 0.985. The maximum Gasteiger partial charge on any atom is 0.286 e. The molecule has 0 radical (unpaired) electrons. The van der Waals surface area contributed by atoms with Crippen molar-refractivity contribution in [3.05, 3.63) is 64.8 Å². The second-order valence-corrected chi connectivity index (χ2v) is 5.28. The van der Waals surface area contributed by atoms with Gasteiger partial charge in [-0.05, 0) is 36.4 Å². The molecule has 3 aromatic rings. The summed E-state index contributed by atoms with van der Waals surface area (Å²) in [5.41, 5.74) is 5.32. The van der Waals surface area contributed by atoms with Crippen LogP contribution in [0, 0.1) is 11.6 Å². The number of aromatic nitrogens is 1. The lowest BCUT2D eigenvalue weighted by Gasteiger charge is -2.02. The number of halogens is 3. The van der Waals surface area contributed by atoms with Crippen molar-refractivity contribution in [3.8, 4) is 0 Å². The first-order chi connectivity index (χ1) is 11.5. The van der Waals surface area contributed by atoms with Crippen LogP contribution in [0.25, 0.3) is 10.9 Å². The third-order valence-corrected chi connectivity index (χ3v) is 3.44. The third-order valence-electron chi connectivity index (χ3n) is 3.21. The normalized spacial score (nSPS) is 11.1. The number of benzene rings is 2. The van der Waals surface area contributed by atoms with Crippen LogP contribution >= 0.6 is 11.6 Å². The molecule has 1 aromatic heterocycles. The largest absolute Gasteiger partial charge is 0.350 e. The van der Waals surface area contributed by atoms with E-state index in [4.69, 9.17) is 11.6 Å². The van der Waals surface area contributed by atoms with Gasteiger partial charge >= 0.3 is 0 Å². The van der Waals surface area contributed by atoms with Gasteiger partial charge in [0.25, 0.3) is 5.91 Å². The predicted octanol–water partition coefficient (Wildman–Crippen LogP) is 3.69. The molecule has 3 N–H and O–H groups in total. The number of aromatic amines is 1. The van der Waals surface area contributed by atoms with E-state index >= 15 is 0 Å². The minimum Gasteiger partial charge on any atom is -0.350 e. The quantitative estimate of drug-likeness (QED) is 0.382. The van der Waals surface area contributed by atoms with Crippen molar-refractivity contribution in [2.75, 3.05) is 0 Å². The first-order valence-corrected chi connectivity index (χ1v) is 7.23. The number of aliphatic imine (C=N–C) groups is 1. The molecule has 0 spiro atoms. The van der Waals surface area contributed by atoms with E-state index < -0.39 is 23.2 Å². The number of fused-ring (bicyclic) bond motifs is 1. The minimum atomic E-state index is -0.799. The van der Waals surface area contributed by atoms with Crippen LogP contribution in [0.5, 0.6) is 0 Å². The third kappa shape index (κ3) is 3.36. The van der Waals surface area contributed by atoms with Gasteiger partial charge in [0, 0.05) is 15.9 Å². The number of hydrogen-bond donors (Lipinski definition) is 3. The fourth-order valence-electron chi connectivity index (χ4n) is 2.10. The van der Waals surface area contributed by atoms with Crippen molar-refractivity contribution in [1.29, 1.82) is 0 Å². The molecule has 0 atom stereocenters. The maximum atomic E-state index is 13.4. The number of nitrogens with zero attached hydrogens (tertiary/aromatic N) is 1. The first kappa shape index (κ1) is 15.9. The second-order valence-electron chi connectivity index (χ2n) is 4.84. The lowest BCUT2D eigenvalue weighted by molar-refractivity contribution is 0.0940. The standard InChI is InChI=1S/C16H11ClF2N4O/c17-10-4-5-13-9(6-10)7-14(22-13)16(24)23-21-8-20-15-11(18)2-1-3-12(15)19/h1-8,22H,(H,20,21)(H,23,24). The Balaban J connectivity index is 1.65. The van der Waals surface area contributed by atoms with Gasteiger partial charge < -0.3 is 4.98 Å². The molecule has 0 saturated heterocycles. The number of carbonyl (C=O) groups excluding carboxylic acids is 1. The molecule has 5 nitrogen and oxygen atoms in total. The summed E-state index contributed by atoms with van der Waals surface area (Å²) in [4.78, 5) is 18.5. The molecule has 2 aromatic carbocycles. The maximum absolute atomic E-state index is 13.4. The topological polar surface area (TPSA) is 69.3 Å². The van der Waals surface area contributed by atoms with E-state index in [1.54, 1.807) is 24.3 Å². The van der Waals surface area contributed by atoms with Crippen molar-refractivity contribution in [3.63, 3.8) is 0 Å². The summed E-state index contributed by atoms with van der Waals surface area (Å²) in [7, 11) is 0. The number of H-pyrrole nitrogens is 1. The lowest BCUT2D eigenvalue weighted by Crippen LogP contribution is -2.36. The van der Waals surface area contributed by atoms with Crippen LogP contribution in [-0.4, -0.2) is 17.2 Å². The Bertz CT molecular complexity index is 919. The van der Waals surface area contributed by atoms with Gasteiger partial charge in [-0.3, -0.25) is 15.6 Å². The Labute approximate surface area is 140 Å². The highest BCUT2D eigenvalue weighted by atomic mass is 35.5. The van der Waals surface area contributed by atoms with E-state index in [0.717, 1.165) is 29.4 Å². The summed E-state index contributed by atoms with van der Waals surface area (Å²) in [6.45, 7) is 0. The highest BCUT2D eigenvalue weighted by Gasteiger charge is 2.09. The SMILES string of the molecule is O=C(NNC=Nc1c(F)cccc1F)c1cc2cc(Cl)ccc2[nH]1. The molecule has 122 valence electrons. The molecule has 0 saturated carbocycles. The Morgan fingerprint density at radius 3 is 2.67 bits per heavy atom. The van der Waals surface area contributed by atoms with Crippen molar-refractivity contribution < 1.29 is 13.6 Å². The van der Waals surface area contributed by atoms with E-state index in [-0.39, 0.29) is 0 Å². The zero-order valence-electron chi connectivity index (χ0n) is 12.1. The molecule has 0 bridgehead atoms. The fraction of sp³-hybridized carbons (Fsp3) is 0. The highest BCUT2D eigenvalue weighted by Crippen LogP contribution is 2.21. The molecule has 1 amide bonds. The van der Waals surface area contributed by atoms with Crippen LogP contribution in [0.4, 0.5) is 14.5 Å². The summed E-state index contributed by atoms with van der Waals surface area (Å²) in [6, 6.07) is 10.2. The molecule has 0 fully saturated rings. The van der Waals surface area contributed by atoms with Gasteiger partial charge in [-0.15, -0.1) is 0 Å². The zero-order chi connectivity index (χ0) is 17.1. The van der Waals surface area contributed by atoms with Gasteiger partial charge in [0.15, 0.2) is 11.6 Å². The molecule has 0 aliphatic rings. The van der Waals surface area contributed by atoms with Gasteiger partial charge in [-0.25, -0.2) is 13.8 Å². The monoisotopic (exact) mass is 348 g/mol. The fourth-order valence-corrected chi connectivity index (χ4v) is 2.28. The van der Waals surface area contributed by atoms with E-state index in [1.165, 1.54) is 6.07 Å². The van der Waals surface area contributed by atoms with Gasteiger partial charge in [0.1, 0.15) is 17.7 Å². The smallest absolute Gasteiger partial charge is 0.286 e. The Kier molecular flexibility index (Phi) is 4.43. The van der Waals surface area contributed by atoms with Gasteiger partial charge in [-0.1, -0.05) is 17.7 Å². The van der Waals surface area contributed by atoms with Gasteiger partial charge in [0.05, 0.1) is 0 Å². The molecule has 1 heterocycles. The molecule has 0 aliphatic heterocycles. The van der Waals surface area contributed by atoms with Crippen LogP contribution in [0.1, 0.15) is 10.5 Å². The van der Waals surface area contributed by atoms with E-state index in [2.05, 4.69) is 20.8 Å².